The van der Waals surface area contributed by atoms with Crippen LogP contribution in [-0.4, -0.2) is 39.5 Å². The number of aryl methyl sites for hydroxylation is 1. The molecule has 1 saturated heterocycles. The van der Waals surface area contributed by atoms with E-state index in [9.17, 15) is 4.79 Å². The molecule has 24 heavy (non-hydrogen) atoms. The molecule has 3 rings (SSSR count). The molecule has 1 aromatic heterocycles. The number of nitrogens with zero attached hydrogens (tertiary/aromatic N) is 3. The van der Waals surface area contributed by atoms with Crippen molar-refractivity contribution in [3.63, 3.8) is 0 Å². The molecule has 1 aromatic rings. The van der Waals surface area contributed by atoms with Gasteiger partial charge in [-0.25, -0.2) is 4.98 Å². The monoisotopic (exact) mass is 376 g/mol. The fraction of sp³-hybridized carbons (Fsp3) is 0.765. The van der Waals surface area contributed by atoms with Crippen molar-refractivity contribution in [2.45, 2.75) is 64.0 Å². The molecule has 1 saturated carbocycles. The summed E-state index contributed by atoms with van der Waals surface area (Å²) in [5, 5.41) is 0. The SMILES string of the molecule is CCc1nccn1C1CCCN(C(=O)C2CCCC(N)C2)C1.Cl.Cl. The summed E-state index contributed by atoms with van der Waals surface area (Å²) in [6.07, 6.45) is 11.1. The zero-order valence-corrected chi connectivity index (χ0v) is 16.0. The minimum Gasteiger partial charge on any atom is -0.340 e. The van der Waals surface area contributed by atoms with Crippen LogP contribution >= 0.6 is 24.8 Å². The predicted molar refractivity (Wildman–Crippen MR) is 101 cm³/mol. The highest BCUT2D eigenvalue weighted by molar-refractivity contribution is 5.85. The number of amides is 1. The molecule has 3 unspecified atom stereocenters. The summed E-state index contributed by atoms with van der Waals surface area (Å²) in [6, 6.07) is 0.594. The van der Waals surface area contributed by atoms with E-state index in [2.05, 4.69) is 27.6 Å². The van der Waals surface area contributed by atoms with Gasteiger partial charge in [0.25, 0.3) is 0 Å². The minimum atomic E-state index is 0. The molecular weight excluding hydrogens is 347 g/mol. The summed E-state index contributed by atoms with van der Waals surface area (Å²) in [6.45, 7) is 3.86. The van der Waals surface area contributed by atoms with Crippen LogP contribution in [0, 0.1) is 5.92 Å². The normalized spacial score (nSPS) is 27.1. The van der Waals surface area contributed by atoms with Crippen LogP contribution in [0.2, 0.25) is 0 Å². The van der Waals surface area contributed by atoms with Gasteiger partial charge in [0.1, 0.15) is 5.82 Å². The number of piperidine rings is 1. The largest absolute Gasteiger partial charge is 0.340 e. The van der Waals surface area contributed by atoms with Gasteiger partial charge in [-0.2, -0.15) is 0 Å². The highest BCUT2D eigenvalue weighted by atomic mass is 35.5. The number of imidazole rings is 1. The Morgan fingerprint density at radius 3 is 2.79 bits per heavy atom. The smallest absolute Gasteiger partial charge is 0.225 e. The second kappa shape index (κ2) is 9.64. The summed E-state index contributed by atoms with van der Waals surface area (Å²) in [5.74, 6) is 1.60. The summed E-state index contributed by atoms with van der Waals surface area (Å²) in [4.78, 5) is 19.3. The number of rotatable bonds is 3. The molecule has 7 heteroatoms. The quantitative estimate of drug-likeness (QED) is 0.881. The molecule has 2 heterocycles. The number of hydrogen-bond donors (Lipinski definition) is 1. The lowest BCUT2D eigenvalue weighted by molar-refractivity contribution is -0.138. The molecule has 0 spiro atoms. The molecule has 2 fully saturated rings. The van der Waals surface area contributed by atoms with Gasteiger partial charge in [0, 0.05) is 43.9 Å². The van der Waals surface area contributed by atoms with E-state index in [0.717, 1.165) is 63.9 Å². The van der Waals surface area contributed by atoms with Gasteiger partial charge in [0.2, 0.25) is 5.91 Å². The Hall–Kier alpha value is -0.780. The molecule has 0 bridgehead atoms. The fourth-order valence-corrected chi connectivity index (χ4v) is 4.04. The number of carbonyl (C=O) groups excluding carboxylic acids is 1. The maximum absolute atomic E-state index is 12.8. The Labute approximate surface area is 157 Å². The summed E-state index contributed by atoms with van der Waals surface area (Å²) < 4.78 is 2.27. The number of nitrogens with two attached hydrogens (primary N) is 1. The maximum atomic E-state index is 12.8. The molecule has 1 amide bonds. The van der Waals surface area contributed by atoms with E-state index < -0.39 is 0 Å². The number of halogens is 2. The van der Waals surface area contributed by atoms with Crippen molar-refractivity contribution < 1.29 is 4.79 Å². The average molecular weight is 377 g/mol. The molecule has 1 aliphatic heterocycles. The molecule has 2 aliphatic rings. The number of likely N-dealkylation sites (tertiary alicyclic amines) is 1. The zero-order chi connectivity index (χ0) is 15.5. The highest BCUT2D eigenvalue weighted by Gasteiger charge is 2.32. The lowest BCUT2D eigenvalue weighted by Gasteiger charge is -2.37. The summed E-state index contributed by atoms with van der Waals surface area (Å²) >= 11 is 0. The maximum Gasteiger partial charge on any atom is 0.225 e. The number of carbonyl (C=O) groups is 1. The van der Waals surface area contributed by atoms with Gasteiger partial charge in [-0.05, 0) is 32.1 Å². The van der Waals surface area contributed by atoms with Gasteiger partial charge in [-0.3, -0.25) is 4.79 Å². The van der Waals surface area contributed by atoms with Crippen LogP contribution in [0.15, 0.2) is 12.4 Å². The first-order chi connectivity index (χ1) is 10.7. The third kappa shape index (κ3) is 4.64. The topological polar surface area (TPSA) is 64.2 Å². The number of hydrogen-bond acceptors (Lipinski definition) is 3. The highest BCUT2D eigenvalue weighted by Crippen LogP contribution is 2.29. The van der Waals surface area contributed by atoms with Crippen LogP contribution in [0.4, 0.5) is 0 Å². The Kier molecular flexibility index (Phi) is 8.54. The van der Waals surface area contributed by atoms with E-state index in [1.165, 1.54) is 0 Å². The Morgan fingerprint density at radius 1 is 1.29 bits per heavy atom. The van der Waals surface area contributed by atoms with Gasteiger partial charge >= 0.3 is 0 Å². The third-order valence-electron chi connectivity index (χ3n) is 5.23. The van der Waals surface area contributed by atoms with Gasteiger partial charge in [0.05, 0.1) is 6.04 Å². The van der Waals surface area contributed by atoms with E-state index in [-0.39, 0.29) is 36.8 Å². The van der Waals surface area contributed by atoms with E-state index in [4.69, 9.17) is 5.73 Å². The lowest BCUT2D eigenvalue weighted by Crippen LogP contribution is -2.45. The van der Waals surface area contributed by atoms with Crippen molar-refractivity contribution in [1.29, 1.82) is 0 Å². The molecule has 138 valence electrons. The molecule has 5 nitrogen and oxygen atoms in total. The summed E-state index contributed by atoms with van der Waals surface area (Å²) in [7, 11) is 0. The van der Waals surface area contributed by atoms with Crippen LogP contribution < -0.4 is 5.73 Å². The van der Waals surface area contributed by atoms with Crippen molar-refractivity contribution in [2.24, 2.45) is 11.7 Å². The average Bonchev–Trinajstić information content (AvgIpc) is 3.03. The second-order valence-corrected chi connectivity index (χ2v) is 6.81. The molecule has 0 aromatic carbocycles. The third-order valence-corrected chi connectivity index (χ3v) is 5.23. The van der Waals surface area contributed by atoms with Crippen molar-refractivity contribution in [1.82, 2.24) is 14.5 Å². The first-order valence-corrected chi connectivity index (χ1v) is 8.75. The van der Waals surface area contributed by atoms with E-state index in [1.807, 2.05) is 6.20 Å². The van der Waals surface area contributed by atoms with E-state index in [0.29, 0.717) is 11.9 Å². The van der Waals surface area contributed by atoms with Gasteiger partial charge in [-0.1, -0.05) is 13.3 Å². The second-order valence-electron chi connectivity index (χ2n) is 6.81. The zero-order valence-electron chi connectivity index (χ0n) is 14.4. The Balaban J connectivity index is 0.00000144. The van der Waals surface area contributed by atoms with Gasteiger partial charge < -0.3 is 15.2 Å². The molecular formula is C17H30Cl2N4O. The molecule has 3 atom stereocenters. The van der Waals surface area contributed by atoms with Gasteiger partial charge in [0.15, 0.2) is 0 Å². The van der Waals surface area contributed by atoms with Crippen LogP contribution in [0.5, 0.6) is 0 Å². The van der Waals surface area contributed by atoms with Crippen LogP contribution in [0.3, 0.4) is 0 Å². The lowest BCUT2D eigenvalue weighted by atomic mass is 9.85. The minimum absolute atomic E-state index is 0. The summed E-state index contributed by atoms with van der Waals surface area (Å²) in [5.41, 5.74) is 6.05. The van der Waals surface area contributed by atoms with Crippen molar-refractivity contribution in [3.8, 4) is 0 Å². The Bertz CT molecular complexity index is 522. The Morgan fingerprint density at radius 2 is 2.08 bits per heavy atom. The van der Waals surface area contributed by atoms with Crippen molar-refractivity contribution >= 4 is 30.7 Å². The van der Waals surface area contributed by atoms with Crippen LogP contribution in [0.1, 0.15) is 57.3 Å². The van der Waals surface area contributed by atoms with Gasteiger partial charge in [-0.15, -0.1) is 24.8 Å². The first kappa shape index (κ1) is 21.3. The number of aromatic nitrogens is 2. The van der Waals surface area contributed by atoms with E-state index >= 15 is 0 Å². The fourth-order valence-electron chi connectivity index (χ4n) is 4.04. The molecule has 2 N–H and O–H groups in total. The molecule has 1 aliphatic carbocycles. The predicted octanol–water partition coefficient (Wildman–Crippen LogP) is 2.97. The molecule has 0 radical (unpaired) electrons. The van der Waals surface area contributed by atoms with E-state index in [1.54, 1.807) is 0 Å². The first-order valence-electron chi connectivity index (χ1n) is 8.75. The van der Waals surface area contributed by atoms with Crippen molar-refractivity contribution in [3.05, 3.63) is 18.2 Å². The van der Waals surface area contributed by atoms with Crippen LogP contribution in [0.25, 0.3) is 0 Å². The van der Waals surface area contributed by atoms with Crippen molar-refractivity contribution in [2.75, 3.05) is 13.1 Å². The standard InChI is InChI=1S/C17H28N4O.2ClH/c1-2-16-19-8-10-21(16)15-7-4-9-20(12-15)17(22)13-5-3-6-14(18)11-13;;/h8,10,13-15H,2-7,9,11-12,18H2,1H3;2*1H. The van der Waals surface area contributed by atoms with Crippen LogP contribution in [-0.2, 0) is 11.2 Å².